The number of hydrogen-bond donors (Lipinski definition) is 2. The Bertz CT molecular complexity index is 540. The van der Waals surface area contributed by atoms with Gasteiger partial charge in [0, 0.05) is 16.1 Å². The second kappa shape index (κ2) is 6.29. The summed E-state index contributed by atoms with van der Waals surface area (Å²) in [5, 5.41) is 31.3. The summed E-state index contributed by atoms with van der Waals surface area (Å²) in [6.45, 7) is 1.51. The van der Waals surface area contributed by atoms with Gasteiger partial charge in [-0.1, -0.05) is 28.8 Å². The van der Waals surface area contributed by atoms with Crippen molar-refractivity contribution in [3.05, 3.63) is 32.3 Å². The normalized spacial score (nSPS) is 18.5. The summed E-state index contributed by atoms with van der Waals surface area (Å²) < 4.78 is 6.06. The van der Waals surface area contributed by atoms with Gasteiger partial charge in [0.15, 0.2) is 0 Å². The van der Waals surface area contributed by atoms with Crippen molar-refractivity contribution in [3.8, 4) is 5.75 Å². The molecule has 21 heavy (non-hydrogen) atoms. The van der Waals surface area contributed by atoms with Crippen LogP contribution in [0.25, 0.3) is 0 Å². The van der Waals surface area contributed by atoms with Crippen molar-refractivity contribution >= 4 is 21.6 Å². The van der Waals surface area contributed by atoms with Crippen molar-refractivity contribution in [2.45, 2.75) is 44.3 Å². The molecule has 1 saturated carbocycles. The van der Waals surface area contributed by atoms with E-state index >= 15 is 0 Å². The van der Waals surface area contributed by atoms with E-state index in [1.165, 1.54) is 13.0 Å². The smallest absolute Gasteiger partial charge is 0.312 e. The second-order valence-electron chi connectivity index (χ2n) is 5.50. The number of ether oxygens (including phenoxy) is 1. The third-order valence-electron chi connectivity index (χ3n) is 3.73. The molecule has 6 nitrogen and oxygen atoms in total. The quantitative estimate of drug-likeness (QED) is 0.622. The summed E-state index contributed by atoms with van der Waals surface area (Å²) in [5.41, 5.74) is -0.823. The predicted molar refractivity (Wildman–Crippen MR) is 80.3 cm³/mol. The Morgan fingerprint density at radius 2 is 2.10 bits per heavy atom. The Hall–Kier alpha value is -1.18. The number of nitro groups is 1. The summed E-state index contributed by atoms with van der Waals surface area (Å²) in [6, 6.07) is 2.92. The van der Waals surface area contributed by atoms with Crippen LogP contribution in [0.2, 0.25) is 0 Å². The summed E-state index contributed by atoms with van der Waals surface area (Å²) in [6.07, 6.45) is 2.19. The van der Waals surface area contributed by atoms with E-state index in [-0.39, 0.29) is 18.0 Å². The Balaban J connectivity index is 2.33. The molecule has 2 rings (SSSR count). The lowest BCUT2D eigenvalue weighted by molar-refractivity contribution is -0.386. The molecular weight excluding hydrogens is 342 g/mol. The number of halogens is 1. The first-order chi connectivity index (χ1) is 9.82. The molecule has 0 aliphatic heterocycles. The van der Waals surface area contributed by atoms with Crippen LogP contribution >= 0.6 is 15.9 Å². The summed E-state index contributed by atoms with van der Waals surface area (Å²) >= 11 is 3.19. The minimum absolute atomic E-state index is 0.00477. The molecular formula is C14H18BrNO5. The molecule has 116 valence electrons. The molecule has 0 spiro atoms. The number of benzene rings is 1. The van der Waals surface area contributed by atoms with Gasteiger partial charge < -0.3 is 14.9 Å². The maximum atomic E-state index is 11.2. The summed E-state index contributed by atoms with van der Waals surface area (Å²) in [4.78, 5) is 10.6. The number of rotatable bonds is 5. The maximum Gasteiger partial charge on any atom is 0.312 e. The average Bonchev–Trinajstić information content (AvgIpc) is 2.83. The first kappa shape index (κ1) is 16.2. The van der Waals surface area contributed by atoms with Gasteiger partial charge in [-0.3, -0.25) is 10.1 Å². The minimum atomic E-state index is -0.934. The fourth-order valence-electron chi connectivity index (χ4n) is 2.59. The van der Waals surface area contributed by atoms with E-state index < -0.39 is 16.6 Å². The lowest BCUT2D eigenvalue weighted by Crippen LogP contribution is -2.32. The van der Waals surface area contributed by atoms with Gasteiger partial charge in [-0.15, -0.1) is 0 Å². The van der Waals surface area contributed by atoms with Crippen molar-refractivity contribution in [2.24, 2.45) is 0 Å². The number of aliphatic hydroxyl groups excluding tert-OH is 1. The molecule has 0 amide bonds. The SMILES string of the molecule is C[C@H](O)c1cc(Br)cc([N+](=O)[O-])c1OCC1(O)CCCC1. The van der Waals surface area contributed by atoms with E-state index in [4.69, 9.17) is 4.74 Å². The fraction of sp³-hybridized carbons (Fsp3) is 0.571. The molecule has 0 aromatic heterocycles. The highest BCUT2D eigenvalue weighted by Crippen LogP contribution is 2.39. The van der Waals surface area contributed by atoms with Gasteiger partial charge in [-0.05, 0) is 25.8 Å². The van der Waals surface area contributed by atoms with Crippen LogP contribution in [0.1, 0.15) is 44.3 Å². The lowest BCUT2D eigenvalue weighted by atomic mass is 10.0. The highest BCUT2D eigenvalue weighted by Gasteiger charge is 2.33. The van der Waals surface area contributed by atoms with Crippen molar-refractivity contribution in [1.29, 1.82) is 0 Å². The molecule has 0 heterocycles. The van der Waals surface area contributed by atoms with E-state index in [0.29, 0.717) is 22.9 Å². The van der Waals surface area contributed by atoms with Gasteiger partial charge in [0.25, 0.3) is 0 Å². The van der Waals surface area contributed by atoms with Gasteiger partial charge in [-0.25, -0.2) is 0 Å². The molecule has 0 saturated heterocycles. The molecule has 1 atom stereocenters. The Morgan fingerprint density at radius 3 is 2.62 bits per heavy atom. The van der Waals surface area contributed by atoms with Crippen LogP contribution < -0.4 is 4.74 Å². The Morgan fingerprint density at radius 1 is 1.48 bits per heavy atom. The molecule has 0 unspecified atom stereocenters. The topological polar surface area (TPSA) is 92.8 Å². The number of nitro benzene ring substituents is 1. The van der Waals surface area contributed by atoms with Crippen molar-refractivity contribution in [2.75, 3.05) is 6.61 Å². The van der Waals surface area contributed by atoms with Crippen LogP contribution in [0.3, 0.4) is 0 Å². The molecule has 0 bridgehead atoms. The molecule has 0 radical (unpaired) electrons. The van der Waals surface area contributed by atoms with Crippen LogP contribution in [0.4, 0.5) is 5.69 Å². The van der Waals surface area contributed by atoms with E-state index in [1.807, 2.05) is 0 Å². The molecule has 1 aromatic rings. The maximum absolute atomic E-state index is 11.2. The first-order valence-electron chi connectivity index (χ1n) is 6.83. The zero-order valence-electron chi connectivity index (χ0n) is 11.7. The molecule has 1 aliphatic rings. The lowest BCUT2D eigenvalue weighted by Gasteiger charge is -2.23. The van der Waals surface area contributed by atoms with Gasteiger partial charge in [0.2, 0.25) is 5.75 Å². The van der Waals surface area contributed by atoms with Gasteiger partial charge in [0.1, 0.15) is 6.61 Å². The van der Waals surface area contributed by atoms with Crippen LogP contribution in [-0.4, -0.2) is 27.3 Å². The van der Waals surface area contributed by atoms with Crippen molar-refractivity contribution < 1.29 is 19.9 Å². The molecule has 1 aliphatic carbocycles. The Labute approximate surface area is 131 Å². The number of hydrogen-bond acceptors (Lipinski definition) is 5. The monoisotopic (exact) mass is 359 g/mol. The average molecular weight is 360 g/mol. The van der Waals surface area contributed by atoms with Gasteiger partial charge >= 0.3 is 5.69 Å². The molecule has 7 heteroatoms. The van der Waals surface area contributed by atoms with Crippen LogP contribution in [-0.2, 0) is 0 Å². The summed E-state index contributed by atoms with van der Waals surface area (Å²) in [5.74, 6) is 0.0264. The zero-order valence-corrected chi connectivity index (χ0v) is 13.3. The number of aliphatic hydroxyl groups is 2. The van der Waals surface area contributed by atoms with E-state index in [9.17, 15) is 20.3 Å². The summed E-state index contributed by atoms with van der Waals surface area (Å²) in [7, 11) is 0. The molecule has 1 aromatic carbocycles. The largest absolute Gasteiger partial charge is 0.483 e. The number of nitrogens with zero attached hydrogens (tertiary/aromatic N) is 1. The van der Waals surface area contributed by atoms with E-state index in [1.54, 1.807) is 6.07 Å². The van der Waals surface area contributed by atoms with E-state index in [2.05, 4.69) is 15.9 Å². The van der Waals surface area contributed by atoms with Crippen molar-refractivity contribution in [1.82, 2.24) is 0 Å². The van der Waals surface area contributed by atoms with Gasteiger partial charge in [-0.2, -0.15) is 0 Å². The first-order valence-corrected chi connectivity index (χ1v) is 7.63. The van der Waals surface area contributed by atoms with Gasteiger partial charge in [0.05, 0.1) is 16.6 Å². The zero-order chi connectivity index (χ0) is 15.6. The standard InChI is InChI=1S/C14H18BrNO5/c1-9(17)11-6-10(15)7-12(16(19)20)13(11)21-8-14(18)4-2-3-5-14/h6-7,9,17-18H,2-5,8H2,1H3/t9-/m0/s1. The van der Waals surface area contributed by atoms with Crippen molar-refractivity contribution in [3.63, 3.8) is 0 Å². The van der Waals surface area contributed by atoms with Crippen LogP contribution in [0.15, 0.2) is 16.6 Å². The third kappa shape index (κ3) is 3.72. The highest BCUT2D eigenvalue weighted by atomic mass is 79.9. The molecule has 1 fully saturated rings. The van der Waals surface area contributed by atoms with Crippen LogP contribution in [0, 0.1) is 10.1 Å². The van der Waals surface area contributed by atoms with E-state index in [0.717, 1.165) is 12.8 Å². The third-order valence-corrected chi connectivity index (χ3v) is 4.19. The molecule has 2 N–H and O–H groups in total. The Kier molecular flexibility index (Phi) is 4.85. The highest BCUT2D eigenvalue weighted by molar-refractivity contribution is 9.10. The predicted octanol–water partition coefficient (Wildman–Crippen LogP) is 3.09. The van der Waals surface area contributed by atoms with Crippen LogP contribution in [0.5, 0.6) is 5.75 Å². The second-order valence-corrected chi connectivity index (χ2v) is 6.41. The fourth-order valence-corrected chi connectivity index (χ4v) is 3.05. The minimum Gasteiger partial charge on any atom is -0.483 e.